The number of nitro groups is 1. The van der Waals surface area contributed by atoms with Gasteiger partial charge in [-0.15, -0.1) is 0 Å². The third-order valence-corrected chi connectivity index (χ3v) is 3.82. The lowest BCUT2D eigenvalue weighted by Gasteiger charge is -2.29. The van der Waals surface area contributed by atoms with E-state index in [4.69, 9.17) is 0 Å². The van der Waals surface area contributed by atoms with Crippen LogP contribution in [0.2, 0.25) is 0 Å². The summed E-state index contributed by atoms with van der Waals surface area (Å²) in [6, 6.07) is 0.287. The van der Waals surface area contributed by atoms with Crippen molar-refractivity contribution in [3.8, 4) is 0 Å². The molecule has 0 aliphatic carbocycles. The van der Waals surface area contributed by atoms with Crippen molar-refractivity contribution < 1.29 is 4.92 Å². The molecule has 1 aliphatic heterocycles. The lowest BCUT2D eigenvalue weighted by molar-refractivity contribution is -0.384. The lowest BCUT2D eigenvalue weighted by Crippen LogP contribution is -2.37. The zero-order valence-electron chi connectivity index (χ0n) is 12.4. The molecule has 20 heavy (non-hydrogen) atoms. The maximum absolute atomic E-state index is 11.3. The molecular formula is C13H23N5O2. The molecule has 7 nitrogen and oxygen atoms in total. The van der Waals surface area contributed by atoms with Gasteiger partial charge in [0.2, 0.25) is 5.82 Å². The van der Waals surface area contributed by atoms with Crippen LogP contribution in [0.1, 0.15) is 31.9 Å². The van der Waals surface area contributed by atoms with Gasteiger partial charge >= 0.3 is 5.69 Å². The molecule has 1 aromatic rings. The Hall–Kier alpha value is -1.63. The molecule has 1 saturated heterocycles. The number of aromatic nitrogens is 2. The first kappa shape index (κ1) is 14.8. The summed E-state index contributed by atoms with van der Waals surface area (Å²) in [6.45, 7) is 4.04. The molecule has 0 spiro atoms. The first-order chi connectivity index (χ1) is 9.52. The quantitative estimate of drug-likeness (QED) is 0.657. The van der Waals surface area contributed by atoms with E-state index in [1.54, 1.807) is 11.7 Å². The van der Waals surface area contributed by atoms with Gasteiger partial charge in [0.15, 0.2) is 0 Å². The van der Waals surface area contributed by atoms with Gasteiger partial charge in [0, 0.05) is 13.1 Å². The Morgan fingerprint density at radius 3 is 2.60 bits per heavy atom. The molecule has 7 heteroatoms. The minimum absolute atomic E-state index is 0.147. The number of hydrogen-bond acceptors (Lipinski definition) is 5. The van der Waals surface area contributed by atoms with Crippen molar-refractivity contribution in [2.75, 3.05) is 25.5 Å². The van der Waals surface area contributed by atoms with Crippen molar-refractivity contribution in [3.05, 3.63) is 15.8 Å². The van der Waals surface area contributed by atoms with Crippen molar-refractivity contribution >= 4 is 11.5 Å². The summed E-state index contributed by atoms with van der Waals surface area (Å²) in [7, 11) is 3.87. The van der Waals surface area contributed by atoms with Gasteiger partial charge in [-0.3, -0.25) is 10.1 Å². The highest BCUT2D eigenvalue weighted by molar-refractivity contribution is 5.60. The van der Waals surface area contributed by atoms with E-state index in [1.807, 2.05) is 6.92 Å². The van der Waals surface area contributed by atoms with Gasteiger partial charge in [0.25, 0.3) is 0 Å². The predicted molar refractivity (Wildman–Crippen MR) is 78.0 cm³/mol. The first-order valence-electron chi connectivity index (χ1n) is 7.18. The molecule has 0 bridgehead atoms. The van der Waals surface area contributed by atoms with Crippen LogP contribution in [-0.4, -0.2) is 45.8 Å². The van der Waals surface area contributed by atoms with Crippen molar-refractivity contribution in [3.63, 3.8) is 0 Å². The smallest absolute Gasteiger partial charge is 0.333 e. The topological polar surface area (TPSA) is 76.2 Å². The number of likely N-dealkylation sites (tertiary alicyclic amines) is 1. The number of nitrogens with one attached hydrogen (secondary N) is 1. The third-order valence-electron chi connectivity index (χ3n) is 3.82. The second-order valence-electron chi connectivity index (χ2n) is 5.50. The Kier molecular flexibility index (Phi) is 4.59. The minimum Gasteiger partial charge on any atom is -0.362 e. The number of rotatable bonds is 5. The summed E-state index contributed by atoms with van der Waals surface area (Å²) < 4.78 is 1.61. The van der Waals surface area contributed by atoms with Crippen LogP contribution < -0.4 is 5.32 Å². The highest BCUT2D eigenvalue weighted by Gasteiger charge is 2.28. The maximum atomic E-state index is 11.3. The second kappa shape index (κ2) is 6.21. The van der Waals surface area contributed by atoms with Crippen molar-refractivity contribution in [2.24, 2.45) is 7.05 Å². The number of hydrogen-bond donors (Lipinski definition) is 1. The predicted octanol–water partition coefficient (Wildman–Crippen LogP) is 1.79. The fourth-order valence-corrected chi connectivity index (χ4v) is 2.67. The zero-order valence-corrected chi connectivity index (χ0v) is 12.4. The van der Waals surface area contributed by atoms with Crippen LogP contribution in [0.5, 0.6) is 0 Å². The van der Waals surface area contributed by atoms with Crippen molar-refractivity contribution in [1.82, 2.24) is 14.7 Å². The number of aryl methyl sites for hydroxylation is 2. The Morgan fingerprint density at radius 1 is 1.40 bits per heavy atom. The molecule has 0 atom stereocenters. The Bertz CT molecular complexity index is 477. The minimum atomic E-state index is -0.310. The fraction of sp³-hybridized carbons (Fsp3) is 0.769. The van der Waals surface area contributed by atoms with E-state index in [-0.39, 0.29) is 16.7 Å². The van der Waals surface area contributed by atoms with E-state index < -0.39 is 0 Å². The Morgan fingerprint density at radius 2 is 2.05 bits per heavy atom. The van der Waals surface area contributed by atoms with Gasteiger partial charge in [0.1, 0.15) is 5.69 Å². The molecule has 2 rings (SSSR count). The molecule has 1 N–H and O–H groups in total. The Labute approximate surface area is 119 Å². The van der Waals surface area contributed by atoms with Crippen LogP contribution in [0.3, 0.4) is 0 Å². The van der Waals surface area contributed by atoms with Crippen LogP contribution >= 0.6 is 0 Å². The molecule has 0 saturated carbocycles. The zero-order chi connectivity index (χ0) is 14.7. The normalized spacial score (nSPS) is 17.4. The highest BCUT2D eigenvalue weighted by Crippen LogP contribution is 2.30. The molecular weight excluding hydrogens is 258 g/mol. The standard InChI is InChI=1S/C13H23N5O2/c1-4-5-11-12(18(19)20)13(17(3)15-11)14-10-6-8-16(2)9-7-10/h10,14H,4-9H2,1-3H3. The summed E-state index contributed by atoms with van der Waals surface area (Å²) in [5, 5.41) is 19.0. The van der Waals surface area contributed by atoms with Crippen LogP contribution in [0, 0.1) is 10.1 Å². The van der Waals surface area contributed by atoms with Gasteiger partial charge in [-0.05, 0) is 39.4 Å². The molecule has 0 unspecified atom stereocenters. The average Bonchev–Trinajstić information content (AvgIpc) is 2.69. The molecule has 0 amide bonds. The highest BCUT2D eigenvalue weighted by atomic mass is 16.6. The molecule has 1 fully saturated rings. The molecule has 0 radical (unpaired) electrons. The van der Waals surface area contributed by atoms with Crippen molar-refractivity contribution in [1.29, 1.82) is 0 Å². The summed E-state index contributed by atoms with van der Waals surface area (Å²) in [5.41, 5.74) is 0.726. The van der Waals surface area contributed by atoms with Crippen LogP contribution in [0.25, 0.3) is 0 Å². The van der Waals surface area contributed by atoms with E-state index in [0.717, 1.165) is 32.4 Å². The van der Waals surface area contributed by atoms with E-state index in [2.05, 4.69) is 22.4 Å². The molecule has 112 valence electrons. The monoisotopic (exact) mass is 281 g/mol. The summed E-state index contributed by atoms with van der Waals surface area (Å²) in [4.78, 5) is 13.3. The van der Waals surface area contributed by atoms with Crippen LogP contribution in [-0.2, 0) is 13.5 Å². The van der Waals surface area contributed by atoms with Gasteiger partial charge in [0.05, 0.1) is 4.92 Å². The van der Waals surface area contributed by atoms with Gasteiger partial charge in [-0.25, -0.2) is 4.68 Å². The SMILES string of the molecule is CCCc1nn(C)c(NC2CCN(C)CC2)c1[N+](=O)[O-]. The van der Waals surface area contributed by atoms with Crippen molar-refractivity contribution in [2.45, 2.75) is 38.6 Å². The lowest BCUT2D eigenvalue weighted by atomic mass is 10.1. The number of piperidine rings is 1. The van der Waals surface area contributed by atoms with Crippen LogP contribution in [0.4, 0.5) is 11.5 Å². The van der Waals surface area contributed by atoms with E-state index in [1.165, 1.54) is 0 Å². The van der Waals surface area contributed by atoms with Gasteiger partial charge in [-0.1, -0.05) is 13.3 Å². The van der Waals surface area contributed by atoms with E-state index in [0.29, 0.717) is 17.9 Å². The summed E-state index contributed by atoms with van der Waals surface area (Å²) >= 11 is 0. The fourth-order valence-electron chi connectivity index (χ4n) is 2.67. The van der Waals surface area contributed by atoms with E-state index in [9.17, 15) is 10.1 Å². The van der Waals surface area contributed by atoms with E-state index >= 15 is 0 Å². The van der Waals surface area contributed by atoms with Crippen LogP contribution in [0.15, 0.2) is 0 Å². The van der Waals surface area contributed by atoms with Gasteiger partial charge in [-0.2, -0.15) is 5.10 Å². The second-order valence-corrected chi connectivity index (χ2v) is 5.50. The molecule has 2 heterocycles. The molecule has 1 aromatic heterocycles. The average molecular weight is 281 g/mol. The summed E-state index contributed by atoms with van der Waals surface area (Å²) in [6.07, 6.45) is 3.49. The Balaban J connectivity index is 2.19. The largest absolute Gasteiger partial charge is 0.362 e. The van der Waals surface area contributed by atoms with Gasteiger partial charge < -0.3 is 10.2 Å². The number of anilines is 1. The molecule has 0 aromatic carbocycles. The molecule has 1 aliphatic rings. The number of nitrogens with zero attached hydrogens (tertiary/aromatic N) is 4. The third kappa shape index (κ3) is 3.09. The maximum Gasteiger partial charge on any atom is 0.333 e. The summed E-state index contributed by atoms with van der Waals surface area (Å²) in [5.74, 6) is 0.549. The first-order valence-corrected chi connectivity index (χ1v) is 7.18.